The Labute approximate surface area is 130 Å². The number of carbonyl (C=O) groups excluding carboxylic acids is 1. The van der Waals surface area contributed by atoms with Gasteiger partial charge in [-0.05, 0) is 17.9 Å². The first-order chi connectivity index (χ1) is 10.7. The fraction of sp³-hybridized carbons (Fsp3) is 0.286. The molecule has 0 fully saturated rings. The highest BCUT2D eigenvalue weighted by Crippen LogP contribution is 2.26. The summed E-state index contributed by atoms with van der Waals surface area (Å²) < 4.78 is 0.806. The first-order valence-electron chi connectivity index (χ1n) is 7.01. The molecule has 0 aliphatic carbocycles. The van der Waals surface area contributed by atoms with Crippen molar-refractivity contribution in [2.45, 2.75) is 19.9 Å². The number of hydrogen-bond acceptors (Lipinski definition) is 6. The molecule has 7 nitrogen and oxygen atoms in total. The second-order valence-corrected chi connectivity index (χ2v) is 6.11. The minimum Gasteiger partial charge on any atom is -0.312 e. The number of aromatic amines is 1. The molecule has 4 heterocycles. The van der Waals surface area contributed by atoms with Crippen LogP contribution in [0.4, 0.5) is 5.82 Å². The molecule has 3 N–H and O–H groups in total. The highest BCUT2D eigenvalue weighted by atomic mass is 32.1. The maximum Gasteiger partial charge on any atom is 0.277 e. The molecular formula is C14H14N6OS. The van der Waals surface area contributed by atoms with E-state index in [0.717, 1.165) is 40.0 Å². The van der Waals surface area contributed by atoms with Crippen LogP contribution in [0.5, 0.6) is 0 Å². The second kappa shape index (κ2) is 5.15. The molecule has 4 rings (SSSR count). The number of aryl methyl sites for hydroxylation is 1. The van der Waals surface area contributed by atoms with Crippen molar-refractivity contribution in [3.63, 3.8) is 0 Å². The third-order valence-corrected chi connectivity index (χ3v) is 4.88. The van der Waals surface area contributed by atoms with Gasteiger partial charge < -0.3 is 10.6 Å². The zero-order chi connectivity index (χ0) is 15.1. The minimum absolute atomic E-state index is 0.255. The molecule has 0 radical (unpaired) electrons. The third kappa shape index (κ3) is 2.08. The van der Waals surface area contributed by atoms with Crippen molar-refractivity contribution in [3.8, 4) is 0 Å². The number of anilines is 1. The molecular weight excluding hydrogens is 300 g/mol. The maximum atomic E-state index is 12.6. The summed E-state index contributed by atoms with van der Waals surface area (Å²) in [6, 6.07) is 0. The molecule has 0 saturated carbocycles. The standard InChI is InChI=1S/C14H14N6OS/c1-7-5-22-12-10(7)16-6-17-11(12)14(21)18-13-8-4-15-3-2-9(8)19-20-13/h5-6,15H,2-4H2,1H3,(H2,18,19,20,21). The molecule has 3 aromatic rings. The van der Waals surface area contributed by atoms with Crippen LogP contribution in [0.25, 0.3) is 10.2 Å². The molecule has 1 aliphatic heterocycles. The first-order valence-corrected chi connectivity index (χ1v) is 7.89. The number of rotatable bonds is 2. The molecule has 1 amide bonds. The lowest BCUT2D eigenvalue weighted by molar-refractivity contribution is 0.102. The van der Waals surface area contributed by atoms with Crippen LogP contribution in [-0.4, -0.2) is 32.6 Å². The predicted octanol–water partition coefficient (Wildman–Crippen LogP) is 1.62. The van der Waals surface area contributed by atoms with E-state index >= 15 is 0 Å². The van der Waals surface area contributed by atoms with Gasteiger partial charge in [-0.1, -0.05) is 0 Å². The summed E-state index contributed by atoms with van der Waals surface area (Å²) in [5.41, 5.74) is 4.37. The lowest BCUT2D eigenvalue weighted by Crippen LogP contribution is -2.24. The number of amides is 1. The van der Waals surface area contributed by atoms with Crippen molar-refractivity contribution in [1.29, 1.82) is 0 Å². The van der Waals surface area contributed by atoms with E-state index in [4.69, 9.17) is 0 Å². The molecule has 0 aromatic carbocycles. The first kappa shape index (κ1) is 13.4. The Morgan fingerprint density at radius 2 is 2.32 bits per heavy atom. The molecule has 112 valence electrons. The van der Waals surface area contributed by atoms with E-state index in [2.05, 4.69) is 30.8 Å². The highest BCUT2D eigenvalue weighted by molar-refractivity contribution is 7.17. The van der Waals surface area contributed by atoms with Gasteiger partial charge in [0.1, 0.15) is 12.0 Å². The van der Waals surface area contributed by atoms with Gasteiger partial charge in [0.2, 0.25) is 0 Å². The van der Waals surface area contributed by atoms with Crippen molar-refractivity contribution < 1.29 is 4.79 Å². The number of fused-ring (bicyclic) bond motifs is 2. The van der Waals surface area contributed by atoms with Crippen molar-refractivity contribution >= 4 is 33.3 Å². The Morgan fingerprint density at radius 1 is 1.41 bits per heavy atom. The fourth-order valence-corrected chi connectivity index (χ4v) is 3.62. The summed E-state index contributed by atoms with van der Waals surface area (Å²) in [5.74, 6) is 0.321. The quantitative estimate of drug-likeness (QED) is 0.668. The number of hydrogen-bond donors (Lipinski definition) is 3. The van der Waals surface area contributed by atoms with Crippen molar-refractivity contribution in [1.82, 2.24) is 25.5 Å². The van der Waals surface area contributed by atoms with Crippen LogP contribution in [0.15, 0.2) is 11.7 Å². The molecule has 0 unspecified atom stereocenters. The lowest BCUT2D eigenvalue weighted by Gasteiger charge is -2.13. The maximum absolute atomic E-state index is 12.6. The number of thiophene rings is 1. The smallest absolute Gasteiger partial charge is 0.277 e. The highest BCUT2D eigenvalue weighted by Gasteiger charge is 2.21. The van der Waals surface area contributed by atoms with Gasteiger partial charge in [0, 0.05) is 30.8 Å². The molecule has 0 bridgehead atoms. The number of nitrogens with one attached hydrogen (secondary N) is 3. The molecule has 8 heteroatoms. The minimum atomic E-state index is -0.255. The molecule has 0 spiro atoms. The van der Waals surface area contributed by atoms with E-state index in [0.29, 0.717) is 18.1 Å². The number of aromatic nitrogens is 4. The average molecular weight is 314 g/mol. The summed E-state index contributed by atoms with van der Waals surface area (Å²) in [4.78, 5) is 20.9. The molecule has 0 atom stereocenters. The zero-order valence-corrected chi connectivity index (χ0v) is 12.8. The van der Waals surface area contributed by atoms with Gasteiger partial charge >= 0.3 is 0 Å². The Balaban J connectivity index is 1.68. The van der Waals surface area contributed by atoms with E-state index in [1.54, 1.807) is 0 Å². The van der Waals surface area contributed by atoms with Gasteiger partial charge in [0.25, 0.3) is 5.91 Å². The van der Waals surface area contributed by atoms with Gasteiger partial charge in [-0.25, -0.2) is 9.97 Å². The Bertz CT molecular complexity index is 867. The predicted molar refractivity (Wildman–Crippen MR) is 84.1 cm³/mol. The van der Waals surface area contributed by atoms with Crippen LogP contribution in [0.3, 0.4) is 0 Å². The van der Waals surface area contributed by atoms with Gasteiger partial charge in [-0.15, -0.1) is 11.3 Å². The SMILES string of the molecule is Cc1csc2c(C(=O)Nc3n[nH]c4c3CNCC4)ncnc12. The van der Waals surface area contributed by atoms with Crippen molar-refractivity contribution in [3.05, 3.63) is 34.2 Å². The van der Waals surface area contributed by atoms with Crippen LogP contribution in [0.1, 0.15) is 27.3 Å². The summed E-state index contributed by atoms with van der Waals surface area (Å²) in [7, 11) is 0. The number of H-pyrrole nitrogens is 1. The van der Waals surface area contributed by atoms with E-state index < -0.39 is 0 Å². The monoisotopic (exact) mass is 314 g/mol. The normalized spacial score (nSPS) is 14.0. The van der Waals surface area contributed by atoms with E-state index in [-0.39, 0.29) is 5.91 Å². The average Bonchev–Trinajstić information content (AvgIpc) is 3.12. The van der Waals surface area contributed by atoms with Gasteiger partial charge in [0.05, 0.1) is 10.2 Å². The zero-order valence-electron chi connectivity index (χ0n) is 11.9. The topological polar surface area (TPSA) is 95.6 Å². The van der Waals surface area contributed by atoms with E-state index in [9.17, 15) is 4.79 Å². The van der Waals surface area contributed by atoms with E-state index in [1.165, 1.54) is 17.7 Å². The molecule has 22 heavy (non-hydrogen) atoms. The fourth-order valence-electron chi connectivity index (χ4n) is 2.63. The molecule has 3 aromatic heterocycles. The Hall–Kier alpha value is -2.32. The van der Waals surface area contributed by atoms with Gasteiger partial charge in [-0.2, -0.15) is 5.10 Å². The summed E-state index contributed by atoms with van der Waals surface area (Å²) in [6.07, 6.45) is 2.32. The van der Waals surface area contributed by atoms with Crippen LogP contribution in [0.2, 0.25) is 0 Å². The second-order valence-electron chi connectivity index (χ2n) is 5.23. The lowest BCUT2D eigenvalue weighted by atomic mass is 10.1. The van der Waals surface area contributed by atoms with E-state index in [1.807, 2.05) is 12.3 Å². The Kier molecular flexibility index (Phi) is 3.12. The van der Waals surface area contributed by atoms with Crippen LogP contribution in [0, 0.1) is 6.92 Å². The third-order valence-electron chi connectivity index (χ3n) is 3.78. The van der Waals surface area contributed by atoms with Gasteiger partial charge in [0.15, 0.2) is 5.82 Å². The number of carbonyl (C=O) groups is 1. The van der Waals surface area contributed by atoms with Crippen molar-refractivity contribution in [2.24, 2.45) is 0 Å². The van der Waals surface area contributed by atoms with Crippen LogP contribution >= 0.6 is 11.3 Å². The molecule has 1 aliphatic rings. The largest absolute Gasteiger partial charge is 0.312 e. The Morgan fingerprint density at radius 3 is 3.23 bits per heavy atom. The molecule has 0 saturated heterocycles. The van der Waals surface area contributed by atoms with Gasteiger partial charge in [-0.3, -0.25) is 9.89 Å². The van der Waals surface area contributed by atoms with Crippen LogP contribution < -0.4 is 10.6 Å². The van der Waals surface area contributed by atoms with Crippen LogP contribution in [-0.2, 0) is 13.0 Å². The summed E-state index contributed by atoms with van der Waals surface area (Å²) >= 11 is 1.48. The number of nitrogens with zero attached hydrogens (tertiary/aromatic N) is 3. The summed E-state index contributed by atoms with van der Waals surface area (Å²) in [6.45, 7) is 3.60. The van der Waals surface area contributed by atoms with Crippen molar-refractivity contribution in [2.75, 3.05) is 11.9 Å². The summed E-state index contributed by atoms with van der Waals surface area (Å²) in [5, 5.41) is 15.3.